The van der Waals surface area contributed by atoms with Gasteiger partial charge in [-0.2, -0.15) is 0 Å². The highest BCUT2D eigenvalue weighted by atomic mass is 35.5. The van der Waals surface area contributed by atoms with E-state index in [4.69, 9.17) is 16.3 Å². The van der Waals surface area contributed by atoms with Crippen molar-refractivity contribution >= 4 is 41.1 Å². The van der Waals surface area contributed by atoms with Crippen LogP contribution in [-0.2, 0) is 19.1 Å². The average Bonchev–Trinajstić information content (AvgIpc) is 2.84. The molecule has 1 fully saturated rings. The number of imide groups is 1. The van der Waals surface area contributed by atoms with Gasteiger partial charge < -0.3 is 15.4 Å². The molecular weight excluding hydrogens is 398 g/mol. The molecule has 0 radical (unpaired) electrons. The standard InChI is InChI=1S/C20H26ClN3O5/c1-12(2)7-8-20(4)18(27)24(19(28)23-20)10-17(26)29-11-16(25)22-15-6-5-14(21)9-13(15)3/h5-6,9,12H,7-8,10-11H2,1-4H3,(H,22,25)(H,23,28)/t20-/m0/s1. The van der Waals surface area contributed by atoms with Crippen molar-refractivity contribution in [3.05, 3.63) is 28.8 Å². The van der Waals surface area contributed by atoms with Gasteiger partial charge in [-0.15, -0.1) is 0 Å². The van der Waals surface area contributed by atoms with E-state index in [-0.39, 0.29) is 0 Å². The lowest BCUT2D eigenvalue weighted by molar-refractivity contribution is -0.150. The summed E-state index contributed by atoms with van der Waals surface area (Å²) < 4.78 is 4.91. The molecule has 0 aromatic heterocycles. The molecule has 1 heterocycles. The van der Waals surface area contributed by atoms with Gasteiger partial charge in [0.15, 0.2) is 6.61 Å². The van der Waals surface area contributed by atoms with Crippen LogP contribution in [0.25, 0.3) is 0 Å². The van der Waals surface area contributed by atoms with Gasteiger partial charge in [0.2, 0.25) is 0 Å². The van der Waals surface area contributed by atoms with E-state index in [9.17, 15) is 19.2 Å². The average molecular weight is 424 g/mol. The van der Waals surface area contributed by atoms with Crippen LogP contribution in [0.5, 0.6) is 0 Å². The number of rotatable bonds is 8. The Morgan fingerprint density at radius 1 is 1.31 bits per heavy atom. The fourth-order valence-corrected chi connectivity index (χ4v) is 3.14. The number of nitrogens with zero attached hydrogens (tertiary/aromatic N) is 1. The Morgan fingerprint density at radius 3 is 2.62 bits per heavy atom. The van der Waals surface area contributed by atoms with E-state index in [1.165, 1.54) is 0 Å². The summed E-state index contributed by atoms with van der Waals surface area (Å²) in [6, 6.07) is 4.32. The van der Waals surface area contributed by atoms with E-state index < -0.39 is 42.5 Å². The Balaban J connectivity index is 1.86. The minimum Gasteiger partial charge on any atom is -0.454 e. The maximum Gasteiger partial charge on any atom is 0.326 e. The maximum atomic E-state index is 12.6. The maximum absolute atomic E-state index is 12.6. The van der Waals surface area contributed by atoms with Crippen LogP contribution in [0.2, 0.25) is 5.02 Å². The molecule has 2 rings (SSSR count). The zero-order chi connectivity index (χ0) is 21.8. The van der Waals surface area contributed by atoms with Crippen LogP contribution in [0.1, 0.15) is 39.2 Å². The molecule has 29 heavy (non-hydrogen) atoms. The summed E-state index contributed by atoms with van der Waals surface area (Å²) in [4.78, 5) is 49.6. The van der Waals surface area contributed by atoms with Crippen molar-refractivity contribution in [2.75, 3.05) is 18.5 Å². The van der Waals surface area contributed by atoms with E-state index in [2.05, 4.69) is 10.6 Å². The Kier molecular flexibility index (Phi) is 7.24. The molecule has 1 saturated heterocycles. The molecule has 0 aliphatic carbocycles. The monoisotopic (exact) mass is 423 g/mol. The van der Waals surface area contributed by atoms with Crippen LogP contribution in [0.4, 0.5) is 10.5 Å². The number of carbonyl (C=O) groups excluding carboxylic acids is 4. The minimum absolute atomic E-state index is 0.373. The molecule has 2 N–H and O–H groups in total. The molecule has 8 nitrogen and oxygen atoms in total. The third-order valence-electron chi connectivity index (χ3n) is 4.68. The summed E-state index contributed by atoms with van der Waals surface area (Å²) in [5.74, 6) is -1.48. The van der Waals surface area contributed by atoms with Gasteiger partial charge in [-0.25, -0.2) is 4.79 Å². The number of benzene rings is 1. The molecule has 0 saturated carbocycles. The minimum atomic E-state index is -1.04. The SMILES string of the molecule is Cc1cc(Cl)ccc1NC(=O)COC(=O)CN1C(=O)N[C@@](C)(CCC(C)C)C1=O. The Hall–Kier alpha value is -2.61. The first kappa shape index (κ1) is 22.7. The zero-order valence-electron chi connectivity index (χ0n) is 17.0. The number of aryl methyl sites for hydroxylation is 1. The van der Waals surface area contributed by atoms with Crippen molar-refractivity contribution in [2.24, 2.45) is 5.92 Å². The Labute approximate surface area is 174 Å². The van der Waals surface area contributed by atoms with Gasteiger partial charge in [0.1, 0.15) is 12.1 Å². The molecule has 1 aliphatic heterocycles. The van der Waals surface area contributed by atoms with Crippen LogP contribution in [-0.4, -0.2) is 47.4 Å². The fourth-order valence-electron chi connectivity index (χ4n) is 2.91. The van der Waals surface area contributed by atoms with Crippen molar-refractivity contribution in [2.45, 2.75) is 46.1 Å². The first-order valence-electron chi connectivity index (χ1n) is 9.37. The molecule has 0 unspecified atom stereocenters. The lowest BCUT2D eigenvalue weighted by Gasteiger charge is -2.22. The normalized spacial score (nSPS) is 18.8. The highest BCUT2D eigenvalue weighted by Crippen LogP contribution is 2.24. The Bertz CT molecular complexity index is 826. The predicted octanol–water partition coefficient (Wildman–Crippen LogP) is 2.88. The van der Waals surface area contributed by atoms with Gasteiger partial charge in [-0.1, -0.05) is 25.4 Å². The largest absolute Gasteiger partial charge is 0.454 e. The highest BCUT2D eigenvalue weighted by molar-refractivity contribution is 6.30. The van der Waals surface area contributed by atoms with Gasteiger partial charge in [0.25, 0.3) is 11.8 Å². The van der Waals surface area contributed by atoms with Crippen LogP contribution in [0, 0.1) is 12.8 Å². The molecule has 1 atom stereocenters. The van der Waals surface area contributed by atoms with Gasteiger partial charge in [0.05, 0.1) is 0 Å². The summed E-state index contributed by atoms with van der Waals surface area (Å²) in [5, 5.41) is 5.79. The summed E-state index contributed by atoms with van der Waals surface area (Å²) >= 11 is 5.87. The molecule has 4 amide bonds. The lowest BCUT2D eigenvalue weighted by atomic mass is 9.92. The molecule has 1 aliphatic rings. The molecule has 158 valence electrons. The molecule has 1 aromatic rings. The van der Waals surface area contributed by atoms with Crippen molar-refractivity contribution < 1.29 is 23.9 Å². The number of halogens is 1. The quantitative estimate of drug-likeness (QED) is 0.494. The van der Waals surface area contributed by atoms with Crippen LogP contribution < -0.4 is 10.6 Å². The second-order valence-electron chi connectivity index (χ2n) is 7.75. The van der Waals surface area contributed by atoms with Crippen LogP contribution in [0.3, 0.4) is 0 Å². The highest BCUT2D eigenvalue weighted by Gasteiger charge is 2.48. The van der Waals surface area contributed by atoms with Crippen LogP contribution >= 0.6 is 11.6 Å². The molecule has 0 spiro atoms. The number of anilines is 1. The number of hydrogen-bond acceptors (Lipinski definition) is 5. The van der Waals surface area contributed by atoms with E-state index in [1.807, 2.05) is 13.8 Å². The number of amides is 4. The number of carbonyl (C=O) groups is 4. The van der Waals surface area contributed by atoms with E-state index in [0.29, 0.717) is 23.0 Å². The van der Waals surface area contributed by atoms with Crippen LogP contribution in [0.15, 0.2) is 18.2 Å². The second kappa shape index (κ2) is 9.26. The second-order valence-corrected chi connectivity index (χ2v) is 8.19. The van der Waals surface area contributed by atoms with Crippen molar-refractivity contribution in [3.8, 4) is 0 Å². The molecular formula is C20H26ClN3O5. The van der Waals surface area contributed by atoms with Gasteiger partial charge >= 0.3 is 12.0 Å². The Morgan fingerprint density at radius 2 is 2.00 bits per heavy atom. The number of esters is 1. The topological polar surface area (TPSA) is 105 Å². The fraction of sp³-hybridized carbons (Fsp3) is 0.500. The van der Waals surface area contributed by atoms with Crippen molar-refractivity contribution in [1.29, 1.82) is 0 Å². The van der Waals surface area contributed by atoms with Gasteiger partial charge in [-0.05, 0) is 56.4 Å². The number of hydrogen-bond donors (Lipinski definition) is 2. The molecule has 9 heteroatoms. The van der Waals surface area contributed by atoms with Crippen molar-refractivity contribution in [3.63, 3.8) is 0 Å². The zero-order valence-corrected chi connectivity index (χ0v) is 17.8. The van der Waals surface area contributed by atoms with Crippen molar-refractivity contribution in [1.82, 2.24) is 10.2 Å². The predicted molar refractivity (Wildman–Crippen MR) is 108 cm³/mol. The lowest BCUT2D eigenvalue weighted by Crippen LogP contribution is -2.44. The third kappa shape index (κ3) is 5.93. The summed E-state index contributed by atoms with van der Waals surface area (Å²) in [6.45, 7) is 6.39. The summed E-state index contributed by atoms with van der Waals surface area (Å²) in [6.07, 6.45) is 1.23. The smallest absolute Gasteiger partial charge is 0.326 e. The van der Waals surface area contributed by atoms with Gasteiger partial charge in [-0.3, -0.25) is 19.3 Å². The van der Waals surface area contributed by atoms with Gasteiger partial charge in [0, 0.05) is 10.7 Å². The number of urea groups is 1. The molecule has 1 aromatic carbocycles. The third-order valence-corrected chi connectivity index (χ3v) is 4.92. The number of ether oxygens (including phenoxy) is 1. The van der Waals surface area contributed by atoms with E-state index in [0.717, 1.165) is 16.9 Å². The number of nitrogens with one attached hydrogen (secondary N) is 2. The molecule has 0 bridgehead atoms. The summed E-state index contributed by atoms with van der Waals surface area (Å²) in [7, 11) is 0. The first-order chi connectivity index (χ1) is 13.5. The first-order valence-corrected chi connectivity index (χ1v) is 9.75. The van der Waals surface area contributed by atoms with E-state index >= 15 is 0 Å². The summed E-state index contributed by atoms with van der Waals surface area (Å²) in [5.41, 5.74) is 0.271. The van der Waals surface area contributed by atoms with E-state index in [1.54, 1.807) is 32.0 Å².